The molecule has 2 rings (SSSR count). The lowest BCUT2D eigenvalue weighted by Crippen LogP contribution is -2.45. The molecule has 22 heavy (non-hydrogen) atoms. The molecule has 2 unspecified atom stereocenters. The summed E-state index contributed by atoms with van der Waals surface area (Å²) in [5.41, 5.74) is 9.04. The summed E-state index contributed by atoms with van der Waals surface area (Å²) in [6.07, 6.45) is 0.437. The first-order valence-corrected chi connectivity index (χ1v) is 7.81. The van der Waals surface area contributed by atoms with Gasteiger partial charge in [0.15, 0.2) is 6.10 Å². The van der Waals surface area contributed by atoms with E-state index >= 15 is 0 Å². The molecule has 0 bridgehead atoms. The Balaban J connectivity index is 2.38. The number of anilines is 1. The second kappa shape index (κ2) is 6.53. The Labute approximate surface area is 132 Å². The van der Waals surface area contributed by atoms with E-state index < -0.39 is 6.10 Å². The molecule has 1 aromatic rings. The normalized spacial score (nSPS) is 18.9. The average molecular weight is 302 g/mol. The Morgan fingerprint density at radius 1 is 1.45 bits per heavy atom. The highest BCUT2D eigenvalue weighted by Gasteiger charge is 2.31. The Hall–Kier alpha value is -1.81. The van der Waals surface area contributed by atoms with Crippen molar-refractivity contribution in [3.8, 4) is 5.75 Å². The summed E-state index contributed by atoms with van der Waals surface area (Å²) in [5.74, 6) is 1.22. The number of carbonyl (C=O) groups is 1. The van der Waals surface area contributed by atoms with E-state index in [1.54, 1.807) is 11.8 Å². The van der Waals surface area contributed by atoms with Gasteiger partial charge in [0, 0.05) is 12.6 Å². The summed E-state index contributed by atoms with van der Waals surface area (Å²) in [7, 11) is 0. The number of carbonyl (C=O) groups excluding carboxylic acids is 1. The number of hydrogen-bond acceptors (Lipinski definition) is 3. The van der Waals surface area contributed by atoms with Crippen molar-refractivity contribution < 1.29 is 9.53 Å². The van der Waals surface area contributed by atoms with E-state index in [0.29, 0.717) is 12.5 Å². The summed E-state index contributed by atoms with van der Waals surface area (Å²) in [6, 6.07) is 5.85. The first kappa shape index (κ1) is 16.6. The van der Waals surface area contributed by atoms with Gasteiger partial charge in [0.2, 0.25) is 0 Å². The summed E-state index contributed by atoms with van der Waals surface area (Å²) in [6.45, 7) is 12.4. The van der Waals surface area contributed by atoms with Crippen LogP contribution in [0.4, 0.5) is 5.69 Å². The zero-order valence-corrected chi connectivity index (χ0v) is 13.9. The van der Waals surface area contributed by atoms with Crippen LogP contribution in [-0.2, 0) is 4.79 Å². The van der Waals surface area contributed by atoms with E-state index in [1.807, 2.05) is 25.1 Å². The lowest BCUT2D eigenvalue weighted by molar-refractivity contribution is -0.125. The maximum Gasteiger partial charge on any atom is 0.268 e. The molecule has 0 fully saturated rings. The number of hydrogen-bond donors (Lipinski definition) is 1. The molecule has 1 aliphatic heterocycles. The van der Waals surface area contributed by atoms with Gasteiger partial charge >= 0.3 is 0 Å². The second-order valence-electron chi connectivity index (χ2n) is 6.60. The molecule has 4 nitrogen and oxygen atoms in total. The van der Waals surface area contributed by atoms with Crippen LogP contribution in [0.25, 0.3) is 0 Å². The molecular formula is C18H26N2O2. The molecular weight excluding hydrogens is 276 g/mol. The topological polar surface area (TPSA) is 55.6 Å². The van der Waals surface area contributed by atoms with Crippen molar-refractivity contribution in [3.63, 3.8) is 0 Å². The van der Waals surface area contributed by atoms with Gasteiger partial charge in [0.1, 0.15) is 5.75 Å². The SMILES string of the molecule is C=C(C)CN1C(=O)C(C)Oc2ccc(C(N)CC(C)C)cc21. The Morgan fingerprint density at radius 2 is 2.14 bits per heavy atom. The lowest BCUT2D eigenvalue weighted by atomic mass is 9.96. The van der Waals surface area contributed by atoms with E-state index in [9.17, 15) is 4.79 Å². The Kier molecular flexibility index (Phi) is 4.91. The van der Waals surface area contributed by atoms with Crippen molar-refractivity contribution in [2.45, 2.75) is 46.3 Å². The van der Waals surface area contributed by atoms with E-state index in [0.717, 1.165) is 29.0 Å². The van der Waals surface area contributed by atoms with Crippen LogP contribution in [-0.4, -0.2) is 18.6 Å². The van der Waals surface area contributed by atoms with E-state index in [4.69, 9.17) is 10.5 Å². The maximum atomic E-state index is 12.4. The number of rotatable bonds is 5. The van der Waals surface area contributed by atoms with E-state index in [2.05, 4.69) is 20.4 Å². The van der Waals surface area contributed by atoms with Gasteiger partial charge in [-0.3, -0.25) is 4.79 Å². The van der Waals surface area contributed by atoms with Gasteiger partial charge in [-0.05, 0) is 43.9 Å². The van der Waals surface area contributed by atoms with Crippen molar-refractivity contribution in [1.29, 1.82) is 0 Å². The third-order valence-corrected chi connectivity index (χ3v) is 3.77. The van der Waals surface area contributed by atoms with Gasteiger partial charge in [0.25, 0.3) is 5.91 Å². The molecule has 0 aliphatic carbocycles. The van der Waals surface area contributed by atoms with Crippen LogP contribution in [0.15, 0.2) is 30.4 Å². The molecule has 4 heteroatoms. The summed E-state index contributed by atoms with van der Waals surface area (Å²) >= 11 is 0. The van der Waals surface area contributed by atoms with Crippen molar-refractivity contribution >= 4 is 11.6 Å². The second-order valence-corrected chi connectivity index (χ2v) is 6.60. The summed E-state index contributed by atoms with van der Waals surface area (Å²) in [4.78, 5) is 14.2. The van der Waals surface area contributed by atoms with Gasteiger partial charge in [-0.1, -0.05) is 32.1 Å². The van der Waals surface area contributed by atoms with Crippen LogP contribution in [0.2, 0.25) is 0 Å². The molecule has 1 aromatic carbocycles. The number of benzene rings is 1. The standard InChI is InChI=1S/C18H26N2O2/c1-11(2)8-15(19)14-6-7-17-16(9-14)20(10-12(3)4)18(21)13(5)22-17/h6-7,9,11,13,15H,3,8,10,19H2,1-2,4-5H3. The fourth-order valence-corrected chi connectivity index (χ4v) is 2.73. The molecule has 2 N–H and O–H groups in total. The molecule has 1 heterocycles. The van der Waals surface area contributed by atoms with Crippen LogP contribution in [0.1, 0.15) is 45.7 Å². The van der Waals surface area contributed by atoms with Gasteiger partial charge < -0.3 is 15.4 Å². The fraction of sp³-hybridized carbons (Fsp3) is 0.500. The highest BCUT2D eigenvalue weighted by Crippen LogP contribution is 2.37. The van der Waals surface area contributed by atoms with Gasteiger partial charge in [-0.25, -0.2) is 0 Å². The van der Waals surface area contributed by atoms with Crippen molar-refractivity contribution in [3.05, 3.63) is 35.9 Å². The predicted octanol–water partition coefficient (Wildman–Crippen LogP) is 3.42. The van der Waals surface area contributed by atoms with E-state index in [-0.39, 0.29) is 11.9 Å². The third kappa shape index (κ3) is 3.50. The lowest BCUT2D eigenvalue weighted by Gasteiger charge is -2.34. The highest BCUT2D eigenvalue weighted by atomic mass is 16.5. The first-order chi connectivity index (χ1) is 10.3. The Bertz CT molecular complexity index is 580. The van der Waals surface area contributed by atoms with Crippen LogP contribution in [0, 0.1) is 5.92 Å². The first-order valence-electron chi connectivity index (χ1n) is 7.81. The molecule has 0 radical (unpaired) electrons. The smallest absolute Gasteiger partial charge is 0.268 e. The fourth-order valence-electron chi connectivity index (χ4n) is 2.73. The van der Waals surface area contributed by atoms with E-state index in [1.165, 1.54) is 0 Å². The molecule has 1 aliphatic rings. The van der Waals surface area contributed by atoms with Crippen LogP contribution < -0.4 is 15.4 Å². The quantitative estimate of drug-likeness (QED) is 0.848. The minimum absolute atomic E-state index is 0.0357. The Morgan fingerprint density at radius 3 is 2.73 bits per heavy atom. The highest BCUT2D eigenvalue weighted by molar-refractivity contribution is 6.00. The number of nitrogens with zero attached hydrogens (tertiary/aromatic N) is 1. The number of amides is 1. The van der Waals surface area contributed by atoms with Crippen molar-refractivity contribution in [2.24, 2.45) is 11.7 Å². The molecule has 0 spiro atoms. The molecule has 0 saturated heterocycles. The van der Waals surface area contributed by atoms with Gasteiger partial charge in [-0.15, -0.1) is 0 Å². The molecule has 0 saturated carbocycles. The zero-order chi connectivity index (χ0) is 16.4. The minimum Gasteiger partial charge on any atom is -0.479 e. The molecule has 120 valence electrons. The van der Waals surface area contributed by atoms with Crippen LogP contribution in [0.5, 0.6) is 5.75 Å². The molecule has 0 aromatic heterocycles. The largest absolute Gasteiger partial charge is 0.479 e. The predicted molar refractivity (Wildman–Crippen MR) is 90.1 cm³/mol. The zero-order valence-electron chi connectivity index (χ0n) is 13.9. The van der Waals surface area contributed by atoms with Gasteiger partial charge in [0.05, 0.1) is 5.69 Å². The van der Waals surface area contributed by atoms with Crippen molar-refractivity contribution in [1.82, 2.24) is 0 Å². The number of fused-ring (bicyclic) bond motifs is 1. The maximum absolute atomic E-state index is 12.4. The van der Waals surface area contributed by atoms with Crippen LogP contribution >= 0.6 is 0 Å². The monoisotopic (exact) mass is 302 g/mol. The van der Waals surface area contributed by atoms with Crippen molar-refractivity contribution in [2.75, 3.05) is 11.4 Å². The third-order valence-electron chi connectivity index (χ3n) is 3.77. The molecule has 2 atom stereocenters. The number of ether oxygens (including phenoxy) is 1. The summed E-state index contributed by atoms with van der Waals surface area (Å²) in [5, 5.41) is 0. The molecule has 1 amide bonds. The number of nitrogens with two attached hydrogens (primary N) is 1. The summed E-state index contributed by atoms with van der Waals surface area (Å²) < 4.78 is 5.71. The van der Waals surface area contributed by atoms with Gasteiger partial charge in [-0.2, -0.15) is 0 Å². The van der Waals surface area contributed by atoms with Crippen LogP contribution in [0.3, 0.4) is 0 Å². The average Bonchev–Trinajstić information content (AvgIpc) is 2.42. The minimum atomic E-state index is -0.470.